The van der Waals surface area contributed by atoms with E-state index in [4.69, 9.17) is 9.47 Å². The second-order valence-electron chi connectivity index (χ2n) is 6.26. The first kappa shape index (κ1) is 13.8. The first-order chi connectivity index (χ1) is 9.28. The molecule has 0 aromatic rings. The van der Waals surface area contributed by atoms with Gasteiger partial charge >= 0.3 is 0 Å². The maximum absolute atomic E-state index is 5.96. The Morgan fingerprint density at radius 2 is 2.05 bits per heavy atom. The molecule has 3 rings (SSSR count). The van der Waals surface area contributed by atoms with Gasteiger partial charge in [0.25, 0.3) is 0 Å². The molecule has 1 aliphatic carbocycles. The number of hydrogen-bond donors (Lipinski definition) is 1. The van der Waals surface area contributed by atoms with Crippen molar-refractivity contribution in [2.24, 2.45) is 0 Å². The van der Waals surface area contributed by atoms with Crippen LogP contribution in [0.1, 0.15) is 45.4 Å². The van der Waals surface area contributed by atoms with E-state index in [0.717, 1.165) is 38.5 Å². The van der Waals surface area contributed by atoms with Gasteiger partial charge in [-0.3, -0.25) is 4.90 Å². The zero-order valence-corrected chi connectivity index (χ0v) is 12.4. The lowest BCUT2D eigenvalue weighted by Crippen LogP contribution is -2.58. The molecule has 0 radical (unpaired) electrons. The van der Waals surface area contributed by atoms with E-state index in [1.165, 1.54) is 25.8 Å². The summed E-state index contributed by atoms with van der Waals surface area (Å²) in [4.78, 5) is 2.73. The molecule has 2 heterocycles. The standard InChI is InChI=1S/C15H28N2O2/c1-3-12-5-4-8-17(12)14-11-15(18-9-10-19-15)7-6-13(14)16-2/h12-14,16H,3-11H2,1-2H3. The second-order valence-corrected chi connectivity index (χ2v) is 6.26. The van der Waals surface area contributed by atoms with Gasteiger partial charge in [-0.25, -0.2) is 0 Å². The van der Waals surface area contributed by atoms with Gasteiger partial charge in [0.15, 0.2) is 5.79 Å². The summed E-state index contributed by atoms with van der Waals surface area (Å²) >= 11 is 0. The van der Waals surface area contributed by atoms with Gasteiger partial charge in [-0.2, -0.15) is 0 Å². The number of rotatable bonds is 3. The summed E-state index contributed by atoms with van der Waals surface area (Å²) in [5, 5.41) is 3.53. The lowest BCUT2D eigenvalue weighted by atomic mass is 9.84. The Labute approximate surface area is 116 Å². The average molecular weight is 268 g/mol. The van der Waals surface area contributed by atoms with E-state index < -0.39 is 0 Å². The van der Waals surface area contributed by atoms with Crippen molar-refractivity contribution in [2.45, 2.75) is 69.4 Å². The summed E-state index contributed by atoms with van der Waals surface area (Å²) in [6.45, 7) is 5.11. The molecule has 19 heavy (non-hydrogen) atoms. The minimum absolute atomic E-state index is 0.265. The van der Waals surface area contributed by atoms with Crippen LogP contribution in [-0.4, -0.2) is 55.6 Å². The van der Waals surface area contributed by atoms with Crippen molar-refractivity contribution in [3.63, 3.8) is 0 Å². The van der Waals surface area contributed by atoms with Crippen LogP contribution in [-0.2, 0) is 9.47 Å². The largest absolute Gasteiger partial charge is 0.347 e. The fraction of sp³-hybridized carbons (Fsp3) is 1.00. The molecule has 1 saturated carbocycles. The van der Waals surface area contributed by atoms with Crippen molar-refractivity contribution in [3.05, 3.63) is 0 Å². The Morgan fingerprint density at radius 1 is 1.26 bits per heavy atom. The van der Waals surface area contributed by atoms with Gasteiger partial charge in [0.1, 0.15) is 0 Å². The van der Waals surface area contributed by atoms with E-state index in [-0.39, 0.29) is 5.79 Å². The monoisotopic (exact) mass is 268 g/mol. The van der Waals surface area contributed by atoms with Crippen LogP contribution in [0.3, 0.4) is 0 Å². The summed E-state index contributed by atoms with van der Waals surface area (Å²) in [6.07, 6.45) is 7.21. The van der Waals surface area contributed by atoms with Crippen LogP contribution in [0.25, 0.3) is 0 Å². The van der Waals surface area contributed by atoms with E-state index in [1.54, 1.807) is 0 Å². The zero-order chi connectivity index (χ0) is 13.3. The Bertz CT molecular complexity index is 305. The van der Waals surface area contributed by atoms with Gasteiger partial charge in [0.2, 0.25) is 0 Å². The lowest BCUT2D eigenvalue weighted by molar-refractivity contribution is -0.194. The van der Waals surface area contributed by atoms with E-state index in [0.29, 0.717) is 12.1 Å². The number of likely N-dealkylation sites (N-methyl/N-ethyl adjacent to an activating group) is 1. The Morgan fingerprint density at radius 3 is 2.74 bits per heavy atom. The van der Waals surface area contributed by atoms with Gasteiger partial charge in [0.05, 0.1) is 13.2 Å². The van der Waals surface area contributed by atoms with Crippen LogP contribution in [0.15, 0.2) is 0 Å². The number of nitrogens with one attached hydrogen (secondary N) is 1. The molecule has 0 amide bonds. The average Bonchev–Trinajstić information content (AvgIpc) is 3.08. The Kier molecular flexibility index (Phi) is 4.13. The number of ether oxygens (including phenoxy) is 2. The smallest absolute Gasteiger partial charge is 0.170 e. The molecule has 0 bridgehead atoms. The molecule has 1 spiro atoms. The molecule has 1 N–H and O–H groups in total. The SMILES string of the molecule is CCC1CCCN1C1CC2(CCC1NC)OCCO2. The van der Waals surface area contributed by atoms with Crippen molar-refractivity contribution in [2.75, 3.05) is 26.8 Å². The van der Waals surface area contributed by atoms with Gasteiger partial charge in [-0.05, 0) is 39.3 Å². The predicted molar refractivity (Wildman–Crippen MR) is 75.1 cm³/mol. The number of likely N-dealkylation sites (tertiary alicyclic amines) is 1. The Hall–Kier alpha value is -0.160. The van der Waals surface area contributed by atoms with E-state index >= 15 is 0 Å². The van der Waals surface area contributed by atoms with Crippen molar-refractivity contribution in [1.29, 1.82) is 0 Å². The molecule has 0 aromatic heterocycles. The van der Waals surface area contributed by atoms with Crippen LogP contribution in [0.5, 0.6) is 0 Å². The zero-order valence-electron chi connectivity index (χ0n) is 12.4. The summed E-state index contributed by atoms with van der Waals surface area (Å²) < 4.78 is 11.9. The fourth-order valence-corrected chi connectivity index (χ4v) is 4.31. The molecule has 4 heteroatoms. The van der Waals surface area contributed by atoms with Crippen LogP contribution in [0, 0.1) is 0 Å². The third kappa shape index (κ3) is 2.56. The molecule has 2 aliphatic heterocycles. The summed E-state index contributed by atoms with van der Waals surface area (Å²) in [7, 11) is 2.10. The van der Waals surface area contributed by atoms with E-state index in [1.807, 2.05) is 0 Å². The van der Waals surface area contributed by atoms with Crippen molar-refractivity contribution < 1.29 is 9.47 Å². The van der Waals surface area contributed by atoms with E-state index in [9.17, 15) is 0 Å². The van der Waals surface area contributed by atoms with Crippen molar-refractivity contribution in [3.8, 4) is 0 Å². The number of hydrogen-bond acceptors (Lipinski definition) is 4. The molecular formula is C15H28N2O2. The number of nitrogens with zero attached hydrogens (tertiary/aromatic N) is 1. The molecule has 3 atom stereocenters. The summed E-state index contributed by atoms with van der Waals surface area (Å²) in [5.74, 6) is -0.265. The van der Waals surface area contributed by atoms with Gasteiger partial charge in [-0.1, -0.05) is 6.92 Å². The van der Waals surface area contributed by atoms with Gasteiger partial charge < -0.3 is 14.8 Å². The maximum Gasteiger partial charge on any atom is 0.170 e. The Balaban J connectivity index is 1.75. The van der Waals surface area contributed by atoms with Crippen LogP contribution in [0.2, 0.25) is 0 Å². The topological polar surface area (TPSA) is 33.7 Å². The molecule has 2 saturated heterocycles. The first-order valence-electron chi connectivity index (χ1n) is 7.99. The quantitative estimate of drug-likeness (QED) is 0.845. The predicted octanol–water partition coefficient (Wildman–Crippen LogP) is 1.74. The van der Waals surface area contributed by atoms with Crippen LogP contribution < -0.4 is 5.32 Å². The molecule has 4 nitrogen and oxygen atoms in total. The first-order valence-corrected chi connectivity index (χ1v) is 7.99. The third-order valence-corrected chi connectivity index (χ3v) is 5.33. The molecular weight excluding hydrogens is 240 g/mol. The highest BCUT2D eigenvalue weighted by Crippen LogP contribution is 2.40. The van der Waals surface area contributed by atoms with Crippen molar-refractivity contribution >= 4 is 0 Å². The normalized spacial score (nSPS) is 39.2. The van der Waals surface area contributed by atoms with Crippen LogP contribution >= 0.6 is 0 Å². The summed E-state index contributed by atoms with van der Waals surface area (Å²) in [5.41, 5.74) is 0. The molecule has 110 valence electrons. The third-order valence-electron chi connectivity index (χ3n) is 5.33. The minimum atomic E-state index is -0.265. The molecule has 0 aromatic carbocycles. The van der Waals surface area contributed by atoms with E-state index in [2.05, 4.69) is 24.2 Å². The highest BCUT2D eigenvalue weighted by Gasteiger charge is 2.47. The molecule has 3 aliphatic rings. The fourth-order valence-electron chi connectivity index (χ4n) is 4.31. The summed E-state index contributed by atoms with van der Waals surface area (Å²) in [6, 6.07) is 1.92. The van der Waals surface area contributed by atoms with Crippen LogP contribution in [0.4, 0.5) is 0 Å². The molecule has 3 unspecified atom stereocenters. The van der Waals surface area contributed by atoms with Crippen molar-refractivity contribution in [1.82, 2.24) is 10.2 Å². The minimum Gasteiger partial charge on any atom is -0.347 e. The van der Waals surface area contributed by atoms with Gasteiger partial charge in [-0.15, -0.1) is 0 Å². The lowest BCUT2D eigenvalue weighted by Gasteiger charge is -2.46. The second kappa shape index (κ2) is 5.68. The maximum atomic E-state index is 5.96. The molecule has 3 fully saturated rings. The van der Waals surface area contributed by atoms with Gasteiger partial charge in [0, 0.05) is 31.0 Å². The highest BCUT2D eigenvalue weighted by molar-refractivity contribution is 4.99. The highest BCUT2D eigenvalue weighted by atomic mass is 16.7.